The molecule has 0 spiro atoms. The number of carbonyl (C=O) groups excluding carboxylic acids is 2. The average Bonchev–Trinajstić information content (AvgIpc) is 1.99. The quantitative estimate of drug-likeness (QED) is 0.600. The lowest BCUT2D eigenvalue weighted by Gasteiger charge is -1.99. The van der Waals surface area contributed by atoms with E-state index in [4.69, 9.17) is 0 Å². The molecule has 0 saturated carbocycles. The number of likely N-dealkylation sites (N-methyl/N-ethyl adjacent to an activating group) is 1. The first-order valence-electron chi connectivity index (χ1n) is 2.74. The van der Waals surface area contributed by atoms with Crippen LogP contribution < -0.4 is 10.6 Å². The number of carbonyl (C=O) groups is 2. The number of hydrogen-bond acceptors (Lipinski definition) is 2. The van der Waals surface area contributed by atoms with E-state index < -0.39 is 0 Å². The molecule has 0 aromatic heterocycles. The van der Waals surface area contributed by atoms with E-state index in [9.17, 15) is 9.59 Å². The molecule has 0 aliphatic rings. The van der Waals surface area contributed by atoms with E-state index in [2.05, 4.69) is 26.6 Å². The van der Waals surface area contributed by atoms with Crippen molar-refractivity contribution in [2.24, 2.45) is 0 Å². The van der Waals surface area contributed by atoms with Crippen molar-refractivity contribution in [1.29, 1.82) is 0 Å². The lowest BCUT2D eigenvalue weighted by Crippen LogP contribution is -2.35. The van der Waals surface area contributed by atoms with E-state index in [1.807, 2.05) is 0 Å². The topological polar surface area (TPSA) is 58.2 Å². The number of hydrogen-bond donors (Lipinski definition) is 2. The van der Waals surface area contributed by atoms with Crippen LogP contribution in [0.4, 0.5) is 0 Å². The van der Waals surface area contributed by atoms with Gasteiger partial charge in [-0.25, -0.2) is 0 Å². The van der Waals surface area contributed by atoms with Gasteiger partial charge in [-0.2, -0.15) is 0 Å². The molecule has 0 saturated heterocycles. The maximum atomic E-state index is 10.5. The van der Waals surface area contributed by atoms with Gasteiger partial charge in [-0.3, -0.25) is 9.59 Å². The number of amides is 2. The van der Waals surface area contributed by atoms with Crippen molar-refractivity contribution in [3.05, 3.63) is 0 Å². The average molecular weight is 209 g/mol. The van der Waals surface area contributed by atoms with Gasteiger partial charge in [0.25, 0.3) is 0 Å². The van der Waals surface area contributed by atoms with Crippen LogP contribution in [-0.4, -0.2) is 30.7 Å². The van der Waals surface area contributed by atoms with Gasteiger partial charge in [0.2, 0.25) is 11.8 Å². The number of rotatable bonds is 3. The van der Waals surface area contributed by atoms with Crippen molar-refractivity contribution in [3.63, 3.8) is 0 Å². The molecule has 5 heteroatoms. The second-order valence-electron chi connectivity index (χ2n) is 1.58. The van der Waals surface area contributed by atoms with E-state index in [0.717, 1.165) is 0 Å². The normalized spacial score (nSPS) is 8.60. The van der Waals surface area contributed by atoms with Crippen molar-refractivity contribution in [3.8, 4) is 0 Å². The van der Waals surface area contributed by atoms with E-state index in [-0.39, 0.29) is 23.7 Å². The lowest BCUT2D eigenvalue weighted by atomic mass is 10.5. The van der Waals surface area contributed by atoms with Crippen LogP contribution in [0.2, 0.25) is 0 Å². The fourth-order valence-electron chi connectivity index (χ4n) is 0.314. The van der Waals surface area contributed by atoms with Crippen molar-refractivity contribution in [1.82, 2.24) is 10.6 Å². The maximum absolute atomic E-state index is 10.5. The predicted molar refractivity (Wildman–Crippen MR) is 40.9 cm³/mol. The summed E-state index contributed by atoms with van der Waals surface area (Å²) in [5, 5.41) is 4.99. The highest BCUT2D eigenvalue weighted by molar-refractivity contribution is 9.09. The summed E-state index contributed by atoms with van der Waals surface area (Å²) in [6.07, 6.45) is 0. The van der Waals surface area contributed by atoms with E-state index >= 15 is 0 Å². The van der Waals surface area contributed by atoms with Gasteiger partial charge in [-0.15, -0.1) is 0 Å². The molecule has 2 amide bonds. The van der Waals surface area contributed by atoms with Gasteiger partial charge >= 0.3 is 0 Å². The van der Waals surface area contributed by atoms with Crippen molar-refractivity contribution in [2.45, 2.75) is 0 Å². The molecule has 2 N–H and O–H groups in total. The Hall–Kier alpha value is -0.580. The molecule has 0 heterocycles. The molecule has 0 aromatic carbocycles. The Balaban J connectivity index is 3.35. The molecular formula is C5H9BrN2O2. The molecule has 0 rings (SSSR count). The third kappa shape index (κ3) is 4.31. The summed E-state index contributed by atoms with van der Waals surface area (Å²) in [5.74, 6) is -0.391. The molecular weight excluding hydrogens is 200 g/mol. The van der Waals surface area contributed by atoms with Gasteiger partial charge in [0.1, 0.15) is 0 Å². The second kappa shape index (κ2) is 5.22. The summed E-state index contributed by atoms with van der Waals surface area (Å²) in [7, 11) is 1.52. The van der Waals surface area contributed by atoms with Gasteiger partial charge in [-0.05, 0) is 0 Å². The Labute approximate surface area is 67.5 Å². The summed E-state index contributed by atoms with van der Waals surface area (Å²) >= 11 is 2.94. The summed E-state index contributed by atoms with van der Waals surface area (Å²) < 4.78 is 0. The van der Waals surface area contributed by atoms with Gasteiger partial charge in [0, 0.05) is 7.05 Å². The summed E-state index contributed by atoms with van der Waals surface area (Å²) in [6.45, 7) is 0.0426. The Morgan fingerprint density at radius 3 is 2.40 bits per heavy atom. The molecule has 0 fully saturated rings. The van der Waals surface area contributed by atoms with Crippen LogP contribution in [0.3, 0.4) is 0 Å². The van der Waals surface area contributed by atoms with Crippen LogP contribution in [0, 0.1) is 0 Å². The molecule has 0 aromatic rings. The number of alkyl halides is 1. The zero-order valence-corrected chi connectivity index (χ0v) is 7.19. The van der Waals surface area contributed by atoms with Crippen molar-refractivity contribution in [2.75, 3.05) is 18.9 Å². The Morgan fingerprint density at radius 2 is 2.00 bits per heavy atom. The van der Waals surface area contributed by atoms with Crippen molar-refractivity contribution >= 4 is 27.7 Å². The highest BCUT2D eigenvalue weighted by Crippen LogP contribution is 1.76. The first kappa shape index (κ1) is 9.42. The molecule has 10 heavy (non-hydrogen) atoms. The molecule has 0 aliphatic heterocycles. The maximum Gasteiger partial charge on any atom is 0.239 e. The largest absolute Gasteiger partial charge is 0.358 e. The summed E-state index contributed by atoms with van der Waals surface area (Å²) in [6, 6.07) is 0. The zero-order chi connectivity index (χ0) is 7.98. The smallest absolute Gasteiger partial charge is 0.239 e. The van der Waals surface area contributed by atoms with Crippen LogP contribution in [0.5, 0.6) is 0 Å². The van der Waals surface area contributed by atoms with Crippen LogP contribution in [-0.2, 0) is 9.59 Å². The first-order chi connectivity index (χ1) is 4.70. The van der Waals surface area contributed by atoms with Crippen LogP contribution in [0.1, 0.15) is 0 Å². The standard InChI is InChI=1S/C5H9BrN2O2/c1-7-5(10)3-8-4(9)2-6/h2-3H2,1H3,(H,7,10)(H,8,9). The van der Waals surface area contributed by atoms with Gasteiger partial charge in [0.05, 0.1) is 11.9 Å². The number of nitrogens with one attached hydrogen (secondary N) is 2. The van der Waals surface area contributed by atoms with E-state index in [0.29, 0.717) is 0 Å². The summed E-state index contributed by atoms with van der Waals surface area (Å²) in [4.78, 5) is 21.0. The third-order valence-corrected chi connectivity index (χ3v) is 1.36. The van der Waals surface area contributed by atoms with E-state index in [1.54, 1.807) is 0 Å². The molecule has 0 aliphatic carbocycles. The third-order valence-electron chi connectivity index (χ3n) is 0.846. The molecule has 0 unspecified atom stereocenters. The van der Waals surface area contributed by atoms with Crippen LogP contribution >= 0.6 is 15.9 Å². The minimum atomic E-state index is -0.200. The first-order valence-corrected chi connectivity index (χ1v) is 3.86. The minimum absolute atomic E-state index is 0.0426. The second-order valence-corrected chi connectivity index (χ2v) is 2.14. The van der Waals surface area contributed by atoms with Crippen LogP contribution in [0.15, 0.2) is 0 Å². The fourth-order valence-corrected chi connectivity index (χ4v) is 0.513. The van der Waals surface area contributed by atoms with Gasteiger partial charge in [-0.1, -0.05) is 15.9 Å². The van der Waals surface area contributed by atoms with E-state index in [1.165, 1.54) is 7.05 Å². The highest BCUT2D eigenvalue weighted by atomic mass is 79.9. The molecule has 0 radical (unpaired) electrons. The SMILES string of the molecule is CNC(=O)CNC(=O)CBr. The van der Waals surface area contributed by atoms with Crippen LogP contribution in [0.25, 0.3) is 0 Å². The molecule has 4 nitrogen and oxygen atoms in total. The van der Waals surface area contributed by atoms with Crippen molar-refractivity contribution < 1.29 is 9.59 Å². The summed E-state index contributed by atoms with van der Waals surface area (Å²) in [5.41, 5.74) is 0. The number of halogens is 1. The molecule has 0 atom stereocenters. The predicted octanol–water partition coefficient (Wildman–Crippen LogP) is -0.757. The Morgan fingerprint density at radius 1 is 1.40 bits per heavy atom. The highest BCUT2D eigenvalue weighted by Gasteiger charge is 1.99. The Bertz CT molecular complexity index is 122. The van der Waals surface area contributed by atoms with Gasteiger partial charge < -0.3 is 10.6 Å². The zero-order valence-electron chi connectivity index (χ0n) is 5.61. The minimum Gasteiger partial charge on any atom is -0.358 e. The monoisotopic (exact) mass is 208 g/mol. The fraction of sp³-hybridized carbons (Fsp3) is 0.600. The molecule has 58 valence electrons. The Kier molecular flexibility index (Phi) is 4.92. The molecule has 0 bridgehead atoms. The van der Waals surface area contributed by atoms with Gasteiger partial charge in [0.15, 0.2) is 0 Å². The lowest BCUT2D eigenvalue weighted by molar-refractivity contribution is -0.124.